The minimum Gasteiger partial charge on any atom is -0.510 e. The van der Waals surface area contributed by atoms with Gasteiger partial charge in [0.2, 0.25) is 5.88 Å². The number of hydrogen-bond acceptors (Lipinski definition) is 5. The molecule has 5 nitrogen and oxygen atoms in total. The van der Waals surface area contributed by atoms with Crippen LogP contribution in [0.3, 0.4) is 0 Å². The number of hydrogen-bond donors (Lipinski definition) is 0. The van der Waals surface area contributed by atoms with E-state index in [0.29, 0.717) is 11.6 Å². The first kappa shape index (κ1) is 26.0. The fourth-order valence-electron chi connectivity index (χ4n) is 5.26. The van der Waals surface area contributed by atoms with Crippen molar-refractivity contribution in [3.63, 3.8) is 0 Å². The number of para-hydroxylation sites is 2. The second-order valence-corrected chi connectivity index (χ2v) is 9.53. The molecule has 0 fully saturated rings. The molecular weight excluding hydrogens is 674 g/mol. The van der Waals surface area contributed by atoms with E-state index < -0.39 is 0 Å². The Bertz CT molecular complexity index is 1660. The summed E-state index contributed by atoms with van der Waals surface area (Å²) in [5.74, 6) is 1.16. The van der Waals surface area contributed by atoms with Crippen molar-refractivity contribution in [1.82, 2.24) is 9.88 Å². The number of aromatic nitrogens is 1. The van der Waals surface area contributed by atoms with E-state index in [1.807, 2.05) is 61.3 Å². The average Bonchev–Trinajstić information content (AvgIpc) is 3.43. The molecule has 4 aromatic carbocycles. The molecule has 0 N–H and O–H groups in total. The molecule has 0 atom stereocenters. The molecule has 0 aliphatic carbocycles. The number of rotatable bonds is 5. The largest absolute Gasteiger partial charge is 0.510 e. The summed E-state index contributed by atoms with van der Waals surface area (Å²) in [6.45, 7) is 1.95. The Balaban J connectivity index is 0.00000289. The van der Waals surface area contributed by atoms with Gasteiger partial charge in [0, 0.05) is 50.5 Å². The van der Waals surface area contributed by atoms with Crippen LogP contribution in [0.4, 0.5) is 22.7 Å². The Hall–Kier alpha value is -4.28. The molecule has 2 aliphatic rings. The van der Waals surface area contributed by atoms with E-state index in [-0.39, 0.29) is 27.8 Å². The van der Waals surface area contributed by atoms with Gasteiger partial charge in [0.25, 0.3) is 0 Å². The molecule has 1 aromatic heterocycles. The second kappa shape index (κ2) is 11.1. The maximum atomic E-state index is 6.15. The third kappa shape index (κ3) is 4.80. The van der Waals surface area contributed by atoms with Crippen molar-refractivity contribution < 1.29 is 25.8 Å². The van der Waals surface area contributed by atoms with E-state index >= 15 is 0 Å². The number of nitrogens with zero attached hydrogens (tertiary/aromatic N) is 4. The number of pyridine rings is 1. The van der Waals surface area contributed by atoms with Gasteiger partial charge in [0.05, 0.1) is 0 Å². The van der Waals surface area contributed by atoms with E-state index in [1.165, 1.54) is 5.46 Å². The molecule has 0 saturated carbocycles. The summed E-state index contributed by atoms with van der Waals surface area (Å²) in [6, 6.07) is 42.4. The zero-order chi connectivity index (χ0) is 26.2. The van der Waals surface area contributed by atoms with Crippen molar-refractivity contribution in [1.29, 1.82) is 0 Å². The minimum atomic E-state index is -0.0901. The van der Waals surface area contributed by atoms with Gasteiger partial charge in [-0.05, 0) is 43.7 Å². The maximum Gasteiger partial charge on any atom is 0.216 e. The van der Waals surface area contributed by atoms with Crippen molar-refractivity contribution in [2.24, 2.45) is 0 Å². The zero-order valence-electron chi connectivity index (χ0n) is 21.7. The van der Waals surface area contributed by atoms with Gasteiger partial charge < -0.3 is 19.4 Å². The summed E-state index contributed by atoms with van der Waals surface area (Å²) in [4.78, 5) is 10.8. The van der Waals surface area contributed by atoms with Gasteiger partial charge in [0.1, 0.15) is 0 Å². The van der Waals surface area contributed by atoms with Crippen molar-refractivity contribution >= 4 is 45.9 Å². The Morgan fingerprint density at radius 2 is 1.60 bits per heavy atom. The Morgan fingerprint density at radius 3 is 2.40 bits per heavy atom. The average molecular weight is 698 g/mol. The van der Waals surface area contributed by atoms with Crippen LogP contribution >= 0.6 is 0 Å². The molecule has 0 amide bonds. The molecule has 40 heavy (non-hydrogen) atoms. The molecule has 3 heterocycles. The molecule has 5 aromatic rings. The normalized spacial score (nSPS) is 13.5. The first-order valence-electron chi connectivity index (χ1n) is 12.9. The number of anilines is 4. The monoisotopic (exact) mass is 698 g/mol. The Morgan fingerprint density at radius 1 is 0.775 bits per heavy atom. The van der Waals surface area contributed by atoms with Crippen LogP contribution in [0, 0.1) is 18.8 Å². The fraction of sp³-hybridized carbons (Fsp3) is 0.0303. The summed E-state index contributed by atoms with van der Waals surface area (Å²) in [7, 11) is 2.02. The van der Waals surface area contributed by atoms with E-state index in [4.69, 9.17) is 4.74 Å². The van der Waals surface area contributed by atoms with Crippen molar-refractivity contribution in [3.05, 3.63) is 141 Å². The molecule has 7 heteroatoms. The second-order valence-electron chi connectivity index (χ2n) is 9.53. The maximum absolute atomic E-state index is 6.15. The standard InChI is InChI=1S/C33H24BN4O.Pt/c1-36-20-21-37(24-36)27-13-9-10-25(22-27)34-29-14-5-6-15-31(29)38(26-11-3-2-4-12-26)32-18-17-28(23-30(32)34)39-33-16-7-8-19-35-33;/h2-21,24H,1H3;/q-3;. The quantitative estimate of drug-likeness (QED) is 0.185. The molecule has 0 saturated heterocycles. The summed E-state index contributed by atoms with van der Waals surface area (Å²) in [6.07, 6.45) is 5.80. The van der Waals surface area contributed by atoms with Gasteiger partial charge in [0.15, 0.2) is 6.71 Å². The van der Waals surface area contributed by atoms with Gasteiger partial charge in [-0.2, -0.15) is 41.9 Å². The van der Waals surface area contributed by atoms with Gasteiger partial charge >= 0.3 is 0 Å². The Labute approximate surface area is 249 Å². The summed E-state index contributed by atoms with van der Waals surface area (Å²) in [5.41, 5.74) is 7.55. The third-order valence-electron chi connectivity index (χ3n) is 6.97. The first-order valence-corrected chi connectivity index (χ1v) is 12.9. The van der Waals surface area contributed by atoms with Crippen molar-refractivity contribution in [2.45, 2.75) is 0 Å². The smallest absolute Gasteiger partial charge is 0.216 e. The van der Waals surface area contributed by atoms with Crippen molar-refractivity contribution in [2.75, 3.05) is 16.8 Å². The topological polar surface area (TPSA) is 31.8 Å². The zero-order valence-corrected chi connectivity index (χ0v) is 24.0. The number of fused-ring (bicyclic) bond motifs is 2. The van der Waals surface area contributed by atoms with E-state index in [9.17, 15) is 0 Å². The fourth-order valence-corrected chi connectivity index (χ4v) is 5.26. The van der Waals surface area contributed by atoms with Gasteiger partial charge in [-0.3, -0.25) is 0 Å². The van der Waals surface area contributed by atoms with Gasteiger partial charge in [-0.1, -0.05) is 53.6 Å². The predicted octanol–water partition coefficient (Wildman–Crippen LogP) is 5.11. The van der Waals surface area contributed by atoms with Crippen LogP contribution in [0.2, 0.25) is 0 Å². The molecule has 0 spiro atoms. The van der Waals surface area contributed by atoms with E-state index in [2.05, 4.69) is 99.7 Å². The number of ether oxygens (including phenoxy) is 1. The molecule has 0 unspecified atom stereocenters. The molecule has 7 rings (SSSR count). The van der Waals surface area contributed by atoms with Gasteiger partial charge in [-0.15, -0.1) is 23.9 Å². The van der Waals surface area contributed by atoms with Gasteiger partial charge in [-0.25, -0.2) is 4.98 Å². The van der Waals surface area contributed by atoms with Crippen molar-refractivity contribution in [3.8, 4) is 11.6 Å². The van der Waals surface area contributed by atoms with Crippen LogP contribution in [-0.2, 0) is 21.1 Å². The predicted molar refractivity (Wildman–Crippen MR) is 158 cm³/mol. The van der Waals surface area contributed by atoms with Crippen LogP contribution in [0.15, 0.2) is 122 Å². The number of benzene rings is 4. The SMILES string of the molecule is CN1C=CN(c2[c-]c(B3c4[c-]c(Oc5ccccn5)ccc4N(c4ccccc4)c4ccccc43)ccc2)[CH-]1.[Pt]. The molecule has 0 radical (unpaired) electrons. The van der Waals surface area contributed by atoms with Crippen LogP contribution < -0.4 is 30.9 Å². The van der Waals surface area contributed by atoms with Crippen LogP contribution in [0.1, 0.15) is 0 Å². The molecular formula is C33H24BN4OPt-3. The van der Waals surface area contributed by atoms with E-state index in [1.54, 1.807) is 6.20 Å². The molecule has 2 aliphatic heterocycles. The summed E-state index contributed by atoms with van der Waals surface area (Å²) >= 11 is 0. The summed E-state index contributed by atoms with van der Waals surface area (Å²) < 4.78 is 6.15. The molecule has 0 bridgehead atoms. The van der Waals surface area contributed by atoms with Crippen LogP contribution in [0.25, 0.3) is 0 Å². The minimum absolute atomic E-state index is 0. The first-order chi connectivity index (χ1) is 19.2. The van der Waals surface area contributed by atoms with E-state index in [0.717, 1.165) is 33.7 Å². The van der Waals surface area contributed by atoms with Crippen LogP contribution in [-0.4, -0.2) is 23.6 Å². The Kier molecular flexibility index (Phi) is 7.19. The third-order valence-corrected chi connectivity index (χ3v) is 6.97. The molecule has 198 valence electrons. The van der Waals surface area contributed by atoms with Crippen LogP contribution in [0.5, 0.6) is 11.6 Å². The summed E-state index contributed by atoms with van der Waals surface area (Å²) in [5, 5.41) is 0.